The van der Waals surface area contributed by atoms with E-state index >= 15 is 0 Å². The standard InChI is InChI=1S/C29H29F6N3O5.ClH/c1-17(40)27(36,43-23-5-3-2-4-6-23)20(16-39)15-24(18-7-11-21(12-8-18)37-25(41)28(30,31)32)19-9-13-22(14-10-19)38-26(42)29(33,34)35;/h2-14,17,20,24,39-40H,15-16,36H2,1H3,(H,37,41)(H,38,42);1H/t17?,20-,27?;/m1./s1. The predicted molar refractivity (Wildman–Crippen MR) is 152 cm³/mol. The van der Waals surface area contributed by atoms with Crippen molar-refractivity contribution in [1.82, 2.24) is 0 Å². The van der Waals surface area contributed by atoms with Crippen molar-refractivity contribution >= 4 is 35.6 Å². The van der Waals surface area contributed by atoms with Gasteiger partial charge in [0, 0.05) is 23.2 Å². The molecule has 15 heteroatoms. The highest BCUT2D eigenvalue weighted by Gasteiger charge is 2.43. The highest BCUT2D eigenvalue weighted by Crippen LogP contribution is 2.37. The van der Waals surface area contributed by atoms with Crippen molar-refractivity contribution in [3.8, 4) is 5.75 Å². The van der Waals surface area contributed by atoms with Gasteiger partial charge < -0.3 is 25.6 Å². The molecule has 6 N–H and O–H groups in total. The minimum absolute atomic E-state index is 0. The first-order chi connectivity index (χ1) is 20.0. The molecule has 0 radical (unpaired) electrons. The second kappa shape index (κ2) is 14.8. The molecule has 2 amide bonds. The van der Waals surface area contributed by atoms with E-state index < -0.39 is 54.4 Å². The minimum atomic E-state index is -5.11. The first-order valence-electron chi connectivity index (χ1n) is 12.8. The van der Waals surface area contributed by atoms with E-state index in [1.54, 1.807) is 41.0 Å². The number of para-hydroxylation sites is 1. The van der Waals surface area contributed by atoms with Crippen LogP contribution in [0.1, 0.15) is 30.4 Å². The van der Waals surface area contributed by atoms with Gasteiger partial charge in [-0.05, 0) is 60.9 Å². The molecule has 44 heavy (non-hydrogen) atoms. The number of aliphatic hydroxyl groups excluding tert-OH is 2. The van der Waals surface area contributed by atoms with Crippen LogP contribution in [0, 0.1) is 5.92 Å². The number of rotatable bonds is 11. The number of benzene rings is 3. The summed E-state index contributed by atoms with van der Waals surface area (Å²) in [6, 6.07) is 18.8. The molecule has 3 aromatic rings. The Balaban J connectivity index is 0.00000675. The summed E-state index contributed by atoms with van der Waals surface area (Å²) in [5.74, 6) is -5.71. The second-order valence-electron chi connectivity index (χ2n) is 9.76. The number of aliphatic hydroxyl groups is 2. The van der Waals surface area contributed by atoms with E-state index in [4.69, 9.17) is 10.5 Å². The zero-order valence-corrected chi connectivity index (χ0v) is 23.8. The molecule has 0 aliphatic carbocycles. The Hall–Kier alpha value is -3.85. The fourth-order valence-corrected chi connectivity index (χ4v) is 4.35. The maximum atomic E-state index is 12.7. The molecular formula is C29H30ClF6N3O5. The number of ether oxygens (including phenoxy) is 1. The molecule has 240 valence electrons. The molecule has 0 aliphatic rings. The molecule has 2 unspecified atom stereocenters. The van der Waals surface area contributed by atoms with Gasteiger partial charge in [-0.15, -0.1) is 12.4 Å². The summed E-state index contributed by atoms with van der Waals surface area (Å²) in [6.45, 7) is 0.793. The summed E-state index contributed by atoms with van der Waals surface area (Å²) in [6.07, 6.45) is -11.6. The third kappa shape index (κ3) is 9.32. The van der Waals surface area contributed by atoms with Gasteiger partial charge in [-0.25, -0.2) is 0 Å². The topological polar surface area (TPSA) is 134 Å². The molecule has 3 aromatic carbocycles. The first kappa shape index (κ1) is 36.3. The third-order valence-corrected chi connectivity index (χ3v) is 6.73. The van der Waals surface area contributed by atoms with Crippen molar-refractivity contribution < 1.29 is 50.9 Å². The number of carbonyl (C=O) groups excluding carboxylic acids is 2. The lowest BCUT2D eigenvalue weighted by Gasteiger charge is -2.40. The Bertz CT molecular complexity index is 1300. The first-order valence-corrected chi connectivity index (χ1v) is 12.8. The Kier molecular flexibility index (Phi) is 12.2. The average molecular weight is 650 g/mol. The fourth-order valence-electron chi connectivity index (χ4n) is 4.35. The lowest BCUT2D eigenvalue weighted by Crippen LogP contribution is -2.61. The van der Waals surface area contributed by atoms with Crippen LogP contribution in [0.4, 0.5) is 37.7 Å². The average Bonchev–Trinajstić information content (AvgIpc) is 2.94. The zero-order chi connectivity index (χ0) is 32.0. The van der Waals surface area contributed by atoms with Gasteiger partial charge in [-0.2, -0.15) is 26.3 Å². The Morgan fingerprint density at radius 1 is 0.795 bits per heavy atom. The van der Waals surface area contributed by atoms with Gasteiger partial charge in [0.1, 0.15) is 11.9 Å². The van der Waals surface area contributed by atoms with Gasteiger partial charge in [0.05, 0.1) is 6.61 Å². The number of carbonyl (C=O) groups is 2. The van der Waals surface area contributed by atoms with Crippen molar-refractivity contribution in [3.63, 3.8) is 0 Å². The van der Waals surface area contributed by atoms with Gasteiger partial charge in [-0.1, -0.05) is 42.5 Å². The van der Waals surface area contributed by atoms with Gasteiger partial charge in [0.15, 0.2) is 5.72 Å². The van der Waals surface area contributed by atoms with Crippen LogP contribution in [0.25, 0.3) is 0 Å². The van der Waals surface area contributed by atoms with Crippen LogP contribution < -0.4 is 21.1 Å². The molecule has 0 saturated heterocycles. The Morgan fingerprint density at radius 3 is 1.55 bits per heavy atom. The second-order valence-corrected chi connectivity index (χ2v) is 9.76. The lowest BCUT2D eigenvalue weighted by molar-refractivity contribution is -0.167. The number of nitrogens with one attached hydrogen (secondary N) is 2. The summed E-state index contributed by atoms with van der Waals surface area (Å²) in [7, 11) is 0. The smallest absolute Gasteiger partial charge is 0.470 e. The number of halogens is 7. The number of nitrogens with two attached hydrogens (primary N) is 1. The van der Waals surface area contributed by atoms with Crippen LogP contribution in [-0.4, -0.2) is 52.8 Å². The van der Waals surface area contributed by atoms with E-state index in [9.17, 15) is 46.1 Å². The van der Waals surface area contributed by atoms with Crippen molar-refractivity contribution in [3.05, 3.63) is 90.0 Å². The zero-order valence-electron chi connectivity index (χ0n) is 23.0. The van der Waals surface area contributed by atoms with E-state index in [2.05, 4.69) is 0 Å². The molecule has 0 bridgehead atoms. The summed E-state index contributed by atoms with van der Waals surface area (Å²) < 4.78 is 82.1. The van der Waals surface area contributed by atoms with Gasteiger partial charge in [0.25, 0.3) is 0 Å². The summed E-state index contributed by atoms with van der Waals surface area (Å²) in [5.41, 5.74) is 5.31. The van der Waals surface area contributed by atoms with Crippen molar-refractivity contribution in [1.29, 1.82) is 0 Å². The molecule has 0 spiro atoms. The fraction of sp³-hybridized carbons (Fsp3) is 0.310. The van der Waals surface area contributed by atoms with Gasteiger partial charge >= 0.3 is 24.2 Å². The third-order valence-electron chi connectivity index (χ3n) is 6.73. The lowest BCUT2D eigenvalue weighted by atomic mass is 9.78. The van der Waals surface area contributed by atoms with E-state index in [1.807, 2.05) is 0 Å². The summed E-state index contributed by atoms with van der Waals surface area (Å²) in [5, 5.41) is 24.5. The normalized spacial score (nSPS) is 14.5. The molecule has 3 atom stereocenters. The minimum Gasteiger partial charge on any atom is -0.470 e. The summed E-state index contributed by atoms with van der Waals surface area (Å²) in [4.78, 5) is 22.7. The molecule has 0 aromatic heterocycles. The van der Waals surface area contributed by atoms with Crippen LogP contribution in [0.15, 0.2) is 78.9 Å². The highest BCUT2D eigenvalue weighted by molar-refractivity contribution is 5.95. The number of hydrogen-bond donors (Lipinski definition) is 5. The maximum absolute atomic E-state index is 12.7. The van der Waals surface area contributed by atoms with Gasteiger partial charge in [0.2, 0.25) is 0 Å². The van der Waals surface area contributed by atoms with Crippen LogP contribution in [0.2, 0.25) is 0 Å². The predicted octanol–water partition coefficient (Wildman–Crippen LogP) is 5.36. The molecule has 0 aliphatic heterocycles. The molecular weight excluding hydrogens is 620 g/mol. The van der Waals surface area contributed by atoms with Crippen molar-refractivity contribution in [2.24, 2.45) is 11.7 Å². The van der Waals surface area contributed by atoms with E-state index in [0.717, 1.165) is 0 Å². The van der Waals surface area contributed by atoms with Crippen LogP contribution in [-0.2, 0) is 9.59 Å². The molecule has 3 rings (SSSR count). The summed E-state index contributed by atoms with van der Waals surface area (Å²) >= 11 is 0. The molecule has 0 saturated carbocycles. The molecule has 0 heterocycles. The monoisotopic (exact) mass is 649 g/mol. The van der Waals surface area contributed by atoms with Crippen LogP contribution >= 0.6 is 12.4 Å². The van der Waals surface area contributed by atoms with Crippen LogP contribution in [0.5, 0.6) is 5.75 Å². The Morgan fingerprint density at radius 2 is 1.20 bits per heavy atom. The largest absolute Gasteiger partial charge is 0.471 e. The Labute approximate surface area is 254 Å². The van der Waals surface area contributed by atoms with Crippen LogP contribution in [0.3, 0.4) is 0 Å². The van der Waals surface area contributed by atoms with Crippen molar-refractivity contribution in [2.45, 2.75) is 43.4 Å². The number of amides is 2. The quantitative estimate of drug-likeness (QED) is 0.140. The van der Waals surface area contributed by atoms with E-state index in [0.29, 0.717) is 16.9 Å². The number of hydrogen-bond acceptors (Lipinski definition) is 6. The maximum Gasteiger partial charge on any atom is 0.471 e. The molecule has 0 fully saturated rings. The number of anilines is 2. The van der Waals surface area contributed by atoms with Gasteiger partial charge in [-0.3, -0.25) is 15.3 Å². The molecule has 8 nitrogen and oxygen atoms in total. The van der Waals surface area contributed by atoms with E-state index in [1.165, 1.54) is 55.5 Å². The number of alkyl halides is 6. The highest BCUT2D eigenvalue weighted by atomic mass is 35.5. The SMILES string of the molecule is CC(O)C(N)(Oc1ccccc1)[C@@H](CO)CC(c1ccc(NC(=O)C(F)(F)F)cc1)c1ccc(NC(=O)C(F)(F)F)cc1.Cl. The van der Waals surface area contributed by atoms with Crippen molar-refractivity contribution in [2.75, 3.05) is 17.2 Å². The van der Waals surface area contributed by atoms with E-state index in [-0.39, 0.29) is 30.2 Å².